The smallest absolute Gasteiger partial charge is 0.314 e. The molecule has 3 aliphatic rings. The molecule has 6 nitrogen and oxygen atoms in total. The Morgan fingerprint density at radius 1 is 1.19 bits per heavy atom. The second-order valence-corrected chi connectivity index (χ2v) is 4.71. The van der Waals surface area contributed by atoms with Crippen LogP contribution in [0.2, 0.25) is 0 Å². The fourth-order valence-electron chi connectivity index (χ4n) is 2.67. The van der Waals surface area contributed by atoms with Crippen LogP contribution in [-0.4, -0.2) is 67.1 Å². The monoisotopic (exact) mass is 227 g/mol. The van der Waals surface area contributed by atoms with Gasteiger partial charge in [0.1, 0.15) is 19.0 Å². The Balaban J connectivity index is 1.76. The third-order valence-corrected chi connectivity index (χ3v) is 3.80. The molecule has 3 aliphatic heterocycles. The average Bonchev–Trinajstić information content (AvgIpc) is 2.64. The molecule has 3 rings (SSSR count). The van der Waals surface area contributed by atoms with Crippen molar-refractivity contribution >= 4 is 6.03 Å². The van der Waals surface area contributed by atoms with Crippen molar-refractivity contribution in [3.8, 4) is 0 Å². The second kappa shape index (κ2) is 3.87. The fourth-order valence-corrected chi connectivity index (χ4v) is 2.67. The van der Waals surface area contributed by atoms with Crippen molar-refractivity contribution in [1.82, 2.24) is 9.80 Å². The molecule has 0 aromatic heterocycles. The van der Waals surface area contributed by atoms with E-state index in [0.29, 0.717) is 19.4 Å². The van der Waals surface area contributed by atoms with E-state index in [1.165, 1.54) is 0 Å². The summed E-state index contributed by atoms with van der Waals surface area (Å²) in [6.07, 6.45) is 1.21. The molecule has 0 saturated carbocycles. The zero-order chi connectivity index (χ0) is 11.1. The minimum Gasteiger partial charge on any atom is -0.351 e. The highest BCUT2D eigenvalue weighted by Gasteiger charge is 2.41. The van der Waals surface area contributed by atoms with Crippen LogP contribution in [0.3, 0.4) is 0 Å². The molecule has 3 unspecified atom stereocenters. The normalized spacial score (nSPS) is 39.2. The SMILES string of the molecule is NC(=O)N1CC2OCOC2CN2CCC2C1. The van der Waals surface area contributed by atoms with Crippen molar-refractivity contribution in [3.63, 3.8) is 0 Å². The van der Waals surface area contributed by atoms with Crippen LogP contribution in [0.4, 0.5) is 4.79 Å². The van der Waals surface area contributed by atoms with Gasteiger partial charge in [-0.2, -0.15) is 0 Å². The highest BCUT2D eigenvalue weighted by atomic mass is 16.7. The lowest BCUT2D eigenvalue weighted by Gasteiger charge is -2.46. The van der Waals surface area contributed by atoms with Crippen LogP contribution in [0.1, 0.15) is 6.42 Å². The van der Waals surface area contributed by atoms with E-state index in [9.17, 15) is 4.79 Å². The van der Waals surface area contributed by atoms with E-state index < -0.39 is 0 Å². The van der Waals surface area contributed by atoms with E-state index in [-0.39, 0.29) is 18.2 Å². The number of carbonyl (C=O) groups is 1. The van der Waals surface area contributed by atoms with Gasteiger partial charge in [0, 0.05) is 25.7 Å². The Hall–Kier alpha value is -0.850. The molecule has 6 heteroatoms. The van der Waals surface area contributed by atoms with E-state index in [1.54, 1.807) is 4.90 Å². The fraction of sp³-hybridized carbons (Fsp3) is 0.900. The van der Waals surface area contributed by atoms with Crippen LogP contribution in [-0.2, 0) is 9.47 Å². The van der Waals surface area contributed by atoms with Gasteiger partial charge < -0.3 is 20.1 Å². The van der Waals surface area contributed by atoms with Crippen molar-refractivity contribution in [3.05, 3.63) is 0 Å². The van der Waals surface area contributed by atoms with Gasteiger partial charge in [-0.3, -0.25) is 4.90 Å². The lowest BCUT2D eigenvalue weighted by molar-refractivity contribution is -0.0133. The summed E-state index contributed by atoms with van der Waals surface area (Å²) in [5, 5.41) is 0. The first kappa shape index (κ1) is 10.3. The number of ether oxygens (including phenoxy) is 2. The number of amides is 2. The standard InChI is InChI=1S/C10H17N3O3/c11-10(14)13-3-7-1-2-12(7)4-8-9(5-13)16-6-15-8/h7-9H,1-6H2,(H2,11,14). The number of hydrogen-bond acceptors (Lipinski definition) is 4. The van der Waals surface area contributed by atoms with Gasteiger partial charge in [-0.1, -0.05) is 0 Å². The van der Waals surface area contributed by atoms with Gasteiger partial charge in [-0.25, -0.2) is 4.79 Å². The number of nitrogens with zero attached hydrogens (tertiary/aromatic N) is 2. The van der Waals surface area contributed by atoms with Gasteiger partial charge >= 0.3 is 6.03 Å². The van der Waals surface area contributed by atoms with Crippen LogP contribution in [0.25, 0.3) is 0 Å². The molecule has 0 spiro atoms. The molecule has 3 heterocycles. The Kier molecular flexibility index (Phi) is 2.49. The van der Waals surface area contributed by atoms with Crippen LogP contribution >= 0.6 is 0 Å². The van der Waals surface area contributed by atoms with Crippen LogP contribution in [0.15, 0.2) is 0 Å². The summed E-state index contributed by atoms with van der Waals surface area (Å²) < 4.78 is 11.0. The van der Waals surface area contributed by atoms with E-state index in [0.717, 1.165) is 26.1 Å². The maximum Gasteiger partial charge on any atom is 0.314 e. The lowest BCUT2D eigenvalue weighted by Crippen LogP contribution is -2.61. The maximum absolute atomic E-state index is 11.3. The minimum absolute atomic E-state index is 0.0194. The summed E-state index contributed by atoms with van der Waals surface area (Å²) in [6.45, 7) is 3.62. The van der Waals surface area contributed by atoms with E-state index in [4.69, 9.17) is 15.2 Å². The summed E-state index contributed by atoms with van der Waals surface area (Å²) >= 11 is 0. The van der Waals surface area contributed by atoms with Crippen molar-refractivity contribution < 1.29 is 14.3 Å². The molecule has 0 aromatic rings. The highest BCUT2D eigenvalue weighted by molar-refractivity contribution is 5.72. The first-order chi connectivity index (χ1) is 7.74. The third kappa shape index (κ3) is 1.66. The Morgan fingerprint density at radius 3 is 2.56 bits per heavy atom. The van der Waals surface area contributed by atoms with Gasteiger partial charge in [0.25, 0.3) is 0 Å². The summed E-state index contributed by atoms with van der Waals surface area (Å²) in [6, 6.07) is 0.0978. The van der Waals surface area contributed by atoms with Crippen molar-refractivity contribution in [1.29, 1.82) is 0 Å². The largest absolute Gasteiger partial charge is 0.351 e. The van der Waals surface area contributed by atoms with Crippen molar-refractivity contribution in [2.75, 3.05) is 33.0 Å². The molecular formula is C10H17N3O3. The number of primary amides is 1. The zero-order valence-electron chi connectivity index (χ0n) is 9.17. The Morgan fingerprint density at radius 2 is 1.94 bits per heavy atom. The second-order valence-electron chi connectivity index (χ2n) is 4.71. The summed E-state index contributed by atoms with van der Waals surface area (Å²) in [7, 11) is 0. The number of hydrogen-bond donors (Lipinski definition) is 1. The third-order valence-electron chi connectivity index (χ3n) is 3.80. The van der Waals surface area contributed by atoms with E-state index in [2.05, 4.69) is 4.90 Å². The number of nitrogens with two attached hydrogens (primary N) is 1. The summed E-state index contributed by atoms with van der Waals surface area (Å²) in [4.78, 5) is 15.3. The van der Waals surface area contributed by atoms with Gasteiger partial charge in [-0.15, -0.1) is 0 Å². The molecule has 0 aromatic carbocycles. The number of carbonyl (C=O) groups excluding carboxylic acids is 1. The molecule has 3 fully saturated rings. The molecule has 2 amide bonds. The molecule has 0 bridgehead atoms. The first-order valence-corrected chi connectivity index (χ1v) is 5.75. The predicted molar refractivity (Wildman–Crippen MR) is 55.7 cm³/mol. The molecular weight excluding hydrogens is 210 g/mol. The number of urea groups is 1. The number of rotatable bonds is 0. The summed E-state index contributed by atoms with van der Waals surface area (Å²) in [5.74, 6) is 0. The molecule has 0 aliphatic carbocycles. The van der Waals surface area contributed by atoms with Gasteiger partial charge in [0.05, 0.1) is 6.54 Å². The molecule has 90 valence electrons. The maximum atomic E-state index is 11.3. The van der Waals surface area contributed by atoms with Crippen LogP contribution < -0.4 is 5.73 Å². The predicted octanol–water partition coefficient (Wildman–Crippen LogP) is -0.803. The summed E-state index contributed by atoms with van der Waals surface area (Å²) in [5.41, 5.74) is 5.37. The minimum atomic E-state index is -0.358. The highest BCUT2D eigenvalue weighted by Crippen LogP contribution is 2.26. The van der Waals surface area contributed by atoms with Crippen LogP contribution in [0.5, 0.6) is 0 Å². The Labute approximate surface area is 94.3 Å². The molecule has 2 N–H and O–H groups in total. The van der Waals surface area contributed by atoms with Crippen molar-refractivity contribution in [2.45, 2.75) is 24.7 Å². The number of fused-ring (bicyclic) bond motifs is 2. The quantitative estimate of drug-likeness (QED) is 0.588. The molecule has 3 atom stereocenters. The Bertz CT molecular complexity index is 299. The van der Waals surface area contributed by atoms with Crippen LogP contribution in [0, 0.1) is 0 Å². The average molecular weight is 227 g/mol. The molecule has 0 radical (unpaired) electrons. The topological polar surface area (TPSA) is 68.0 Å². The molecule has 16 heavy (non-hydrogen) atoms. The van der Waals surface area contributed by atoms with Gasteiger partial charge in [-0.05, 0) is 6.42 Å². The lowest BCUT2D eigenvalue weighted by atomic mass is 9.98. The molecule has 3 saturated heterocycles. The van der Waals surface area contributed by atoms with E-state index >= 15 is 0 Å². The van der Waals surface area contributed by atoms with E-state index in [1.807, 2.05) is 0 Å². The first-order valence-electron chi connectivity index (χ1n) is 5.75. The van der Waals surface area contributed by atoms with Crippen molar-refractivity contribution in [2.24, 2.45) is 5.73 Å². The zero-order valence-corrected chi connectivity index (χ0v) is 9.17. The van der Waals surface area contributed by atoms with Gasteiger partial charge in [0.15, 0.2) is 0 Å². The van der Waals surface area contributed by atoms with Gasteiger partial charge in [0.2, 0.25) is 0 Å².